The van der Waals surface area contributed by atoms with Crippen molar-refractivity contribution in [3.8, 4) is 0 Å². The maximum absolute atomic E-state index is 6.28. The number of halogens is 1. The van der Waals surface area contributed by atoms with Crippen LogP contribution in [0.15, 0.2) is 24.3 Å². The van der Waals surface area contributed by atoms with Gasteiger partial charge in [0.05, 0.1) is 6.61 Å². The van der Waals surface area contributed by atoms with Crippen molar-refractivity contribution in [1.29, 1.82) is 0 Å². The van der Waals surface area contributed by atoms with E-state index in [0.29, 0.717) is 12.5 Å². The number of benzene rings is 1. The Morgan fingerprint density at radius 2 is 2.26 bits per heavy atom. The summed E-state index contributed by atoms with van der Waals surface area (Å²) in [6.07, 6.45) is 2.40. The SMILES string of the molecule is CN(CC1CCCOC1)C(CN)c1ccccc1Cl. The Hall–Kier alpha value is -0.610. The van der Waals surface area contributed by atoms with Crippen LogP contribution < -0.4 is 5.73 Å². The second kappa shape index (κ2) is 7.25. The number of nitrogens with zero attached hydrogens (tertiary/aromatic N) is 1. The van der Waals surface area contributed by atoms with Gasteiger partial charge in [-0.25, -0.2) is 0 Å². The first-order valence-corrected chi connectivity index (χ1v) is 7.32. The van der Waals surface area contributed by atoms with Crippen LogP contribution in [0.5, 0.6) is 0 Å². The van der Waals surface area contributed by atoms with Crippen molar-refractivity contribution >= 4 is 11.6 Å². The second-order valence-electron chi connectivity index (χ2n) is 5.30. The van der Waals surface area contributed by atoms with Gasteiger partial charge >= 0.3 is 0 Å². The van der Waals surface area contributed by atoms with Crippen molar-refractivity contribution in [2.75, 3.05) is 33.4 Å². The van der Waals surface area contributed by atoms with Crippen molar-refractivity contribution in [3.63, 3.8) is 0 Å². The third-order valence-electron chi connectivity index (χ3n) is 3.82. The highest BCUT2D eigenvalue weighted by Gasteiger charge is 2.22. The lowest BCUT2D eigenvalue weighted by molar-refractivity contribution is 0.0365. The van der Waals surface area contributed by atoms with Crippen LogP contribution in [0.3, 0.4) is 0 Å². The van der Waals surface area contributed by atoms with E-state index in [1.165, 1.54) is 6.42 Å². The second-order valence-corrected chi connectivity index (χ2v) is 5.70. The Balaban J connectivity index is 2.02. The standard InChI is InChI=1S/C15H23ClN2O/c1-18(10-12-5-4-8-19-11-12)15(9-17)13-6-2-3-7-14(13)16/h2-3,6-7,12,15H,4-5,8-11,17H2,1H3. The first-order valence-electron chi connectivity index (χ1n) is 6.95. The molecule has 0 spiro atoms. The summed E-state index contributed by atoms with van der Waals surface area (Å²) < 4.78 is 5.54. The molecule has 4 heteroatoms. The van der Waals surface area contributed by atoms with Crippen LogP contribution in [0.25, 0.3) is 0 Å². The van der Waals surface area contributed by atoms with Gasteiger partial charge in [0.15, 0.2) is 0 Å². The van der Waals surface area contributed by atoms with Gasteiger partial charge in [0.2, 0.25) is 0 Å². The fourth-order valence-electron chi connectivity index (χ4n) is 2.78. The van der Waals surface area contributed by atoms with E-state index in [0.717, 1.165) is 36.8 Å². The Labute approximate surface area is 120 Å². The molecule has 2 atom stereocenters. The first-order chi connectivity index (χ1) is 9.22. The van der Waals surface area contributed by atoms with Crippen molar-refractivity contribution in [2.45, 2.75) is 18.9 Å². The number of hydrogen-bond acceptors (Lipinski definition) is 3. The van der Waals surface area contributed by atoms with E-state index in [4.69, 9.17) is 22.1 Å². The van der Waals surface area contributed by atoms with Crippen molar-refractivity contribution in [1.82, 2.24) is 4.90 Å². The summed E-state index contributed by atoms with van der Waals surface area (Å²) in [4.78, 5) is 2.31. The van der Waals surface area contributed by atoms with E-state index < -0.39 is 0 Å². The quantitative estimate of drug-likeness (QED) is 0.902. The molecule has 3 nitrogen and oxygen atoms in total. The molecule has 0 aliphatic carbocycles. The Bertz CT molecular complexity index is 393. The van der Waals surface area contributed by atoms with E-state index in [9.17, 15) is 0 Å². The van der Waals surface area contributed by atoms with Crippen LogP contribution in [0.1, 0.15) is 24.4 Å². The zero-order valence-electron chi connectivity index (χ0n) is 11.5. The smallest absolute Gasteiger partial charge is 0.0506 e. The molecule has 0 saturated carbocycles. The lowest BCUT2D eigenvalue weighted by atomic mass is 9.99. The molecular weight excluding hydrogens is 260 g/mol. The highest BCUT2D eigenvalue weighted by atomic mass is 35.5. The predicted molar refractivity (Wildman–Crippen MR) is 79.4 cm³/mol. The van der Waals surface area contributed by atoms with E-state index in [-0.39, 0.29) is 6.04 Å². The number of rotatable bonds is 5. The highest BCUT2D eigenvalue weighted by Crippen LogP contribution is 2.27. The van der Waals surface area contributed by atoms with Crippen LogP contribution >= 0.6 is 11.6 Å². The number of likely N-dealkylation sites (N-methyl/N-ethyl adjacent to an activating group) is 1. The molecule has 2 unspecified atom stereocenters. The number of hydrogen-bond donors (Lipinski definition) is 1. The minimum Gasteiger partial charge on any atom is -0.381 e. The molecule has 1 heterocycles. The topological polar surface area (TPSA) is 38.5 Å². The van der Waals surface area contributed by atoms with E-state index in [1.807, 2.05) is 18.2 Å². The summed E-state index contributed by atoms with van der Waals surface area (Å²) in [6, 6.07) is 8.14. The number of nitrogens with two attached hydrogens (primary N) is 1. The largest absolute Gasteiger partial charge is 0.381 e. The monoisotopic (exact) mass is 282 g/mol. The lowest BCUT2D eigenvalue weighted by Gasteiger charge is -2.32. The molecule has 0 aromatic heterocycles. The van der Waals surface area contributed by atoms with E-state index in [2.05, 4.69) is 18.0 Å². The van der Waals surface area contributed by atoms with Gasteiger partial charge < -0.3 is 10.5 Å². The number of ether oxygens (including phenoxy) is 1. The minimum atomic E-state index is 0.177. The van der Waals surface area contributed by atoms with Crippen LogP contribution in [0, 0.1) is 5.92 Å². The van der Waals surface area contributed by atoms with E-state index in [1.54, 1.807) is 0 Å². The normalized spacial score (nSPS) is 21.6. The Morgan fingerprint density at radius 3 is 2.89 bits per heavy atom. The summed E-state index contributed by atoms with van der Waals surface area (Å²) in [5.41, 5.74) is 7.06. The molecule has 1 aliphatic rings. The molecule has 1 aromatic rings. The summed E-state index contributed by atoms with van der Waals surface area (Å²) in [5.74, 6) is 0.607. The molecular formula is C15H23ClN2O. The van der Waals surface area contributed by atoms with Crippen molar-refractivity contribution in [2.24, 2.45) is 11.7 Å². The fraction of sp³-hybridized carbons (Fsp3) is 0.600. The minimum absolute atomic E-state index is 0.177. The van der Waals surface area contributed by atoms with Gasteiger partial charge in [-0.1, -0.05) is 29.8 Å². The molecule has 0 bridgehead atoms. The average Bonchev–Trinajstić information content (AvgIpc) is 2.43. The van der Waals surface area contributed by atoms with Gasteiger partial charge in [0.25, 0.3) is 0 Å². The third-order valence-corrected chi connectivity index (χ3v) is 4.16. The predicted octanol–water partition coefficient (Wildman–Crippen LogP) is 2.70. The molecule has 106 valence electrons. The summed E-state index contributed by atoms with van der Waals surface area (Å²) in [6.45, 7) is 3.36. The van der Waals surface area contributed by atoms with Gasteiger partial charge in [0, 0.05) is 30.8 Å². The average molecular weight is 283 g/mol. The molecule has 1 aliphatic heterocycles. The van der Waals surface area contributed by atoms with Crippen LogP contribution in [-0.4, -0.2) is 38.3 Å². The molecule has 1 saturated heterocycles. The zero-order valence-corrected chi connectivity index (χ0v) is 12.3. The van der Waals surface area contributed by atoms with Crippen molar-refractivity contribution in [3.05, 3.63) is 34.9 Å². The summed E-state index contributed by atoms with van der Waals surface area (Å²) >= 11 is 6.28. The fourth-order valence-corrected chi connectivity index (χ4v) is 3.04. The zero-order chi connectivity index (χ0) is 13.7. The van der Waals surface area contributed by atoms with Gasteiger partial charge in [0.1, 0.15) is 0 Å². The lowest BCUT2D eigenvalue weighted by Crippen LogP contribution is -2.36. The van der Waals surface area contributed by atoms with Gasteiger partial charge in [-0.3, -0.25) is 4.90 Å². The molecule has 1 fully saturated rings. The first kappa shape index (κ1) is 14.8. The Morgan fingerprint density at radius 1 is 1.47 bits per heavy atom. The molecule has 1 aromatic carbocycles. The van der Waals surface area contributed by atoms with Gasteiger partial charge in [-0.2, -0.15) is 0 Å². The van der Waals surface area contributed by atoms with Crippen LogP contribution in [0.4, 0.5) is 0 Å². The molecule has 0 radical (unpaired) electrons. The van der Waals surface area contributed by atoms with E-state index >= 15 is 0 Å². The van der Waals surface area contributed by atoms with Gasteiger partial charge in [-0.15, -0.1) is 0 Å². The molecule has 19 heavy (non-hydrogen) atoms. The van der Waals surface area contributed by atoms with Crippen LogP contribution in [-0.2, 0) is 4.74 Å². The summed E-state index contributed by atoms with van der Waals surface area (Å²) in [7, 11) is 2.12. The van der Waals surface area contributed by atoms with Crippen molar-refractivity contribution < 1.29 is 4.74 Å². The maximum atomic E-state index is 6.28. The van der Waals surface area contributed by atoms with Crippen LogP contribution in [0.2, 0.25) is 5.02 Å². The molecule has 0 amide bonds. The van der Waals surface area contributed by atoms with Gasteiger partial charge in [-0.05, 0) is 37.4 Å². The maximum Gasteiger partial charge on any atom is 0.0506 e. The highest BCUT2D eigenvalue weighted by molar-refractivity contribution is 6.31. The molecule has 2 rings (SSSR count). The molecule has 2 N–H and O–H groups in total. The third kappa shape index (κ3) is 3.93. The summed E-state index contributed by atoms with van der Waals surface area (Å²) in [5, 5.41) is 0.796. The Kier molecular flexibility index (Phi) is 5.64.